The molecule has 1 atom stereocenters. The molecule has 0 radical (unpaired) electrons. The molecule has 0 aliphatic carbocycles. The van der Waals surface area contributed by atoms with Gasteiger partial charge in [-0.05, 0) is 31.0 Å². The normalized spacial score (nSPS) is 11.5. The van der Waals surface area contributed by atoms with Crippen LogP contribution in [0.4, 0.5) is 0 Å². The van der Waals surface area contributed by atoms with E-state index in [2.05, 4.69) is 11.8 Å². The van der Waals surface area contributed by atoms with Crippen LogP contribution in [0.3, 0.4) is 0 Å². The summed E-state index contributed by atoms with van der Waals surface area (Å²) in [6, 6.07) is 5.88. The molecule has 2 N–H and O–H groups in total. The first-order valence-corrected chi connectivity index (χ1v) is 5.09. The number of hydrogen-bond acceptors (Lipinski definition) is 2. The Morgan fingerprint density at radius 1 is 1.47 bits per heavy atom. The fraction of sp³-hybridized carbons (Fsp3) is 0.385. The summed E-state index contributed by atoms with van der Waals surface area (Å²) in [6.07, 6.45) is 0.862. The van der Waals surface area contributed by atoms with Crippen molar-refractivity contribution in [1.29, 1.82) is 0 Å². The Bertz CT molecular complexity index is 387. The van der Waals surface area contributed by atoms with Gasteiger partial charge in [0.05, 0.1) is 18.7 Å². The van der Waals surface area contributed by atoms with Crippen molar-refractivity contribution >= 4 is 0 Å². The molecule has 1 aromatic carbocycles. The Labute approximate surface area is 91.4 Å². The second-order valence-corrected chi connectivity index (χ2v) is 3.49. The second-order valence-electron chi connectivity index (χ2n) is 3.49. The lowest BCUT2D eigenvalue weighted by molar-refractivity contribution is 0.413. The van der Waals surface area contributed by atoms with E-state index >= 15 is 0 Å². The van der Waals surface area contributed by atoms with Crippen LogP contribution in [0.5, 0.6) is 5.75 Å². The van der Waals surface area contributed by atoms with Crippen molar-refractivity contribution in [3.63, 3.8) is 0 Å². The Hall–Kier alpha value is -1.46. The van der Waals surface area contributed by atoms with Gasteiger partial charge >= 0.3 is 0 Å². The summed E-state index contributed by atoms with van der Waals surface area (Å²) in [4.78, 5) is 0. The maximum atomic E-state index is 5.74. The van der Waals surface area contributed by atoms with Gasteiger partial charge in [0.25, 0.3) is 0 Å². The quantitative estimate of drug-likeness (QED) is 0.747. The maximum absolute atomic E-state index is 5.74. The van der Waals surface area contributed by atoms with E-state index in [9.17, 15) is 0 Å². The molecule has 0 spiro atoms. The van der Waals surface area contributed by atoms with Crippen molar-refractivity contribution in [2.75, 3.05) is 7.11 Å². The van der Waals surface area contributed by atoms with Crippen LogP contribution < -0.4 is 10.5 Å². The Balaban J connectivity index is 3.00. The van der Waals surface area contributed by atoms with Gasteiger partial charge in [-0.25, -0.2) is 0 Å². The summed E-state index contributed by atoms with van der Waals surface area (Å²) in [5.41, 5.74) is 7.81. The second kappa shape index (κ2) is 5.43. The Morgan fingerprint density at radius 3 is 2.80 bits per heavy atom. The average molecular weight is 203 g/mol. The van der Waals surface area contributed by atoms with Crippen molar-refractivity contribution in [3.8, 4) is 17.6 Å². The topological polar surface area (TPSA) is 35.2 Å². The van der Waals surface area contributed by atoms with E-state index in [1.54, 1.807) is 7.11 Å². The third kappa shape index (κ3) is 3.30. The highest BCUT2D eigenvalue weighted by Gasteiger charge is 1.99. The van der Waals surface area contributed by atoms with Crippen molar-refractivity contribution in [2.24, 2.45) is 5.73 Å². The van der Waals surface area contributed by atoms with Crippen LogP contribution in [-0.4, -0.2) is 13.2 Å². The van der Waals surface area contributed by atoms with Crippen LogP contribution in [0.15, 0.2) is 18.2 Å². The van der Waals surface area contributed by atoms with Gasteiger partial charge in [0.2, 0.25) is 0 Å². The van der Waals surface area contributed by atoms with Gasteiger partial charge in [0.1, 0.15) is 5.75 Å². The van der Waals surface area contributed by atoms with Gasteiger partial charge in [-0.15, -0.1) is 0 Å². The number of rotatable bonds is 2. The van der Waals surface area contributed by atoms with Crippen LogP contribution >= 0.6 is 0 Å². The Morgan fingerprint density at radius 2 is 2.20 bits per heavy atom. The van der Waals surface area contributed by atoms with Gasteiger partial charge in [-0.2, -0.15) is 0 Å². The summed E-state index contributed by atoms with van der Waals surface area (Å²) in [6.45, 7) is 4.05. The van der Waals surface area contributed by atoms with E-state index in [4.69, 9.17) is 10.5 Å². The number of methoxy groups -OCH3 is 1. The summed E-state index contributed by atoms with van der Waals surface area (Å²) in [7, 11) is 1.65. The van der Waals surface area contributed by atoms with Crippen LogP contribution in [0.25, 0.3) is 0 Å². The van der Waals surface area contributed by atoms with Crippen LogP contribution in [0.1, 0.15) is 24.5 Å². The third-order valence-corrected chi connectivity index (χ3v) is 2.19. The van der Waals surface area contributed by atoms with Gasteiger partial charge in [0.15, 0.2) is 0 Å². The number of hydrogen-bond donors (Lipinski definition) is 1. The number of ether oxygens (including phenoxy) is 1. The molecule has 0 saturated carbocycles. The van der Waals surface area contributed by atoms with Crippen molar-refractivity contribution in [1.82, 2.24) is 0 Å². The zero-order valence-electron chi connectivity index (χ0n) is 9.50. The number of benzene rings is 1. The molecular weight excluding hydrogens is 186 g/mol. The molecule has 1 rings (SSSR count). The highest BCUT2D eigenvalue weighted by Crippen LogP contribution is 2.18. The predicted octanol–water partition coefficient (Wildman–Crippen LogP) is 2.09. The zero-order chi connectivity index (χ0) is 11.3. The lowest BCUT2D eigenvalue weighted by Gasteiger charge is -2.04. The van der Waals surface area contributed by atoms with Crippen molar-refractivity contribution < 1.29 is 4.74 Å². The molecule has 0 aromatic heterocycles. The highest BCUT2D eigenvalue weighted by atomic mass is 16.5. The van der Waals surface area contributed by atoms with Gasteiger partial charge in [-0.3, -0.25) is 0 Å². The summed E-state index contributed by atoms with van der Waals surface area (Å²) in [5, 5.41) is 0. The molecule has 1 aromatic rings. The first kappa shape index (κ1) is 11.6. The fourth-order valence-corrected chi connectivity index (χ4v) is 1.19. The molecule has 15 heavy (non-hydrogen) atoms. The summed E-state index contributed by atoms with van der Waals surface area (Å²) < 4.78 is 5.22. The molecule has 0 aliphatic rings. The summed E-state index contributed by atoms with van der Waals surface area (Å²) >= 11 is 0. The average Bonchev–Trinajstić information content (AvgIpc) is 2.26. The van der Waals surface area contributed by atoms with E-state index in [1.165, 1.54) is 5.56 Å². The Kier molecular flexibility index (Phi) is 4.20. The van der Waals surface area contributed by atoms with Crippen LogP contribution in [-0.2, 0) is 0 Å². The molecule has 0 saturated heterocycles. The minimum Gasteiger partial charge on any atom is -0.495 e. The molecule has 0 aliphatic heterocycles. The minimum absolute atomic E-state index is 0.0600. The zero-order valence-corrected chi connectivity index (χ0v) is 9.50. The molecular formula is C13H17NO. The fourth-order valence-electron chi connectivity index (χ4n) is 1.19. The van der Waals surface area contributed by atoms with E-state index in [-0.39, 0.29) is 6.04 Å². The molecule has 0 fully saturated rings. The first-order valence-electron chi connectivity index (χ1n) is 5.09. The molecule has 0 amide bonds. The predicted molar refractivity (Wildman–Crippen MR) is 62.9 cm³/mol. The van der Waals surface area contributed by atoms with Gasteiger partial charge in [0, 0.05) is 0 Å². The van der Waals surface area contributed by atoms with Crippen LogP contribution in [0.2, 0.25) is 0 Å². The lowest BCUT2D eigenvalue weighted by Crippen LogP contribution is -2.15. The molecule has 2 nitrogen and oxygen atoms in total. The lowest BCUT2D eigenvalue weighted by atomic mass is 10.1. The molecule has 2 heteroatoms. The van der Waals surface area contributed by atoms with E-state index in [1.807, 2.05) is 32.0 Å². The third-order valence-electron chi connectivity index (χ3n) is 2.19. The van der Waals surface area contributed by atoms with E-state index in [0.29, 0.717) is 0 Å². The minimum atomic E-state index is -0.0600. The monoisotopic (exact) mass is 203 g/mol. The van der Waals surface area contributed by atoms with E-state index in [0.717, 1.165) is 17.7 Å². The SMILES string of the molecule is CCC(N)C#Cc1cc(C)ccc1OC. The largest absolute Gasteiger partial charge is 0.495 e. The molecule has 0 heterocycles. The van der Waals surface area contributed by atoms with Crippen molar-refractivity contribution in [2.45, 2.75) is 26.3 Å². The first-order chi connectivity index (χ1) is 7.17. The number of nitrogens with two attached hydrogens (primary N) is 1. The van der Waals surface area contributed by atoms with Crippen molar-refractivity contribution in [3.05, 3.63) is 29.3 Å². The summed E-state index contributed by atoms with van der Waals surface area (Å²) in [5.74, 6) is 6.86. The molecule has 1 unspecified atom stereocenters. The smallest absolute Gasteiger partial charge is 0.134 e. The van der Waals surface area contributed by atoms with E-state index < -0.39 is 0 Å². The number of aryl methyl sites for hydroxylation is 1. The molecule has 80 valence electrons. The van der Waals surface area contributed by atoms with Crippen LogP contribution in [0, 0.1) is 18.8 Å². The highest BCUT2D eigenvalue weighted by molar-refractivity contribution is 5.48. The van der Waals surface area contributed by atoms with Gasteiger partial charge in [-0.1, -0.05) is 24.8 Å². The molecule has 0 bridgehead atoms. The maximum Gasteiger partial charge on any atom is 0.134 e. The standard InChI is InChI=1S/C13H17NO/c1-4-12(14)7-6-11-9-10(2)5-8-13(11)15-3/h5,8-9,12H,4,14H2,1-3H3. The van der Waals surface area contributed by atoms with Gasteiger partial charge < -0.3 is 10.5 Å².